The minimum Gasteiger partial charge on any atom is -0.354 e. The van der Waals surface area contributed by atoms with Gasteiger partial charge in [-0.25, -0.2) is 4.48 Å². The lowest BCUT2D eigenvalue weighted by Gasteiger charge is -2.40. The first kappa shape index (κ1) is 18.1. The van der Waals surface area contributed by atoms with Crippen molar-refractivity contribution < 1.29 is 22.8 Å². The smallest absolute Gasteiger partial charge is 0.354 e. The summed E-state index contributed by atoms with van der Waals surface area (Å²) in [6.45, 7) is -0.981. The second-order valence-electron chi connectivity index (χ2n) is 5.71. The van der Waals surface area contributed by atoms with Crippen LogP contribution >= 0.6 is 0 Å². The molecule has 0 saturated carbocycles. The number of hydrogen-bond donors (Lipinski definition) is 2. The van der Waals surface area contributed by atoms with E-state index in [9.17, 15) is 22.8 Å². The Morgan fingerprint density at radius 2 is 1.62 bits per heavy atom. The van der Waals surface area contributed by atoms with Crippen LogP contribution in [0.1, 0.15) is 0 Å². The van der Waals surface area contributed by atoms with E-state index in [1.54, 1.807) is 18.2 Å². The van der Waals surface area contributed by atoms with Gasteiger partial charge >= 0.3 is 6.18 Å². The Bertz CT molecular complexity index is 630. The van der Waals surface area contributed by atoms with Gasteiger partial charge in [-0.05, 0) is 6.07 Å². The van der Waals surface area contributed by atoms with Crippen LogP contribution in [0.3, 0.4) is 0 Å². The molecule has 2 amide bonds. The molecule has 1 unspecified atom stereocenters. The third-order valence-electron chi connectivity index (χ3n) is 4.28. The zero-order valence-corrected chi connectivity index (χ0v) is 13.6. The summed E-state index contributed by atoms with van der Waals surface area (Å²) >= 11 is 0. The van der Waals surface area contributed by atoms with Gasteiger partial charge in [0.1, 0.15) is 5.69 Å². The molecule has 1 heterocycles. The number of nitrogens with zero attached hydrogens (tertiary/aromatic N) is 2. The standard InChI is InChI=1S/C15H19F3N4O2/c1-19-12(23)8-22(9-13(24)20-2)11-7-5-4-6-10(11)21(3)14(22)15(16,17)18/h4-7,14H,8-9H2,1-3H3,(H-,19,20,23,24)/p+1. The number of hydrogen-bond acceptors (Lipinski definition) is 3. The molecule has 0 radical (unpaired) electrons. The highest BCUT2D eigenvalue weighted by atomic mass is 19.4. The van der Waals surface area contributed by atoms with Gasteiger partial charge in [-0.1, -0.05) is 12.1 Å². The highest BCUT2D eigenvalue weighted by Crippen LogP contribution is 2.48. The van der Waals surface area contributed by atoms with E-state index in [4.69, 9.17) is 0 Å². The van der Waals surface area contributed by atoms with Crippen molar-refractivity contribution in [2.45, 2.75) is 12.3 Å². The number of fused-ring (bicyclic) bond motifs is 1. The van der Waals surface area contributed by atoms with Gasteiger partial charge in [-0.3, -0.25) is 9.59 Å². The highest BCUT2D eigenvalue weighted by Gasteiger charge is 2.64. The maximum Gasteiger partial charge on any atom is 0.463 e. The molecule has 1 aliphatic rings. The van der Waals surface area contributed by atoms with Gasteiger partial charge in [-0.2, -0.15) is 13.2 Å². The molecule has 0 bridgehead atoms. The zero-order valence-electron chi connectivity index (χ0n) is 13.6. The third kappa shape index (κ3) is 2.91. The lowest BCUT2D eigenvalue weighted by molar-refractivity contribution is -0.178. The lowest BCUT2D eigenvalue weighted by Crippen LogP contribution is -2.69. The summed E-state index contributed by atoms with van der Waals surface area (Å²) in [5.41, 5.74) is 0.655. The minimum absolute atomic E-state index is 0.300. The minimum atomic E-state index is -4.63. The first-order valence-electron chi connectivity index (χ1n) is 7.34. The van der Waals surface area contributed by atoms with Crippen LogP contribution in [0, 0.1) is 0 Å². The molecule has 6 nitrogen and oxygen atoms in total. The van der Waals surface area contributed by atoms with Gasteiger partial charge < -0.3 is 15.5 Å². The number of alkyl halides is 3. The molecular formula is C15H20F3N4O2+. The fourth-order valence-electron chi connectivity index (χ4n) is 3.30. The van der Waals surface area contributed by atoms with Crippen molar-refractivity contribution >= 4 is 23.2 Å². The molecule has 24 heavy (non-hydrogen) atoms. The molecule has 9 heteroatoms. The zero-order chi connectivity index (χ0) is 18.1. The first-order valence-corrected chi connectivity index (χ1v) is 7.34. The van der Waals surface area contributed by atoms with Crippen molar-refractivity contribution in [2.24, 2.45) is 0 Å². The maximum absolute atomic E-state index is 13.9. The quantitative estimate of drug-likeness (QED) is 0.795. The van der Waals surface area contributed by atoms with Crippen LogP contribution in [-0.4, -0.2) is 58.4 Å². The van der Waals surface area contributed by atoms with E-state index in [-0.39, 0.29) is 0 Å². The molecular weight excluding hydrogens is 325 g/mol. The second kappa shape index (κ2) is 6.31. The first-order chi connectivity index (χ1) is 11.2. The van der Waals surface area contributed by atoms with E-state index in [0.717, 1.165) is 4.90 Å². The fourth-order valence-corrected chi connectivity index (χ4v) is 3.30. The lowest BCUT2D eigenvalue weighted by atomic mass is 10.2. The number of carbonyl (C=O) groups is 2. The van der Waals surface area contributed by atoms with E-state index < -0.39 is 41.7 Å². The summed E-state index contributed by atoms with van der Waals surface area (Å²) in [5, 5.41) is 4.71. The third-order valence-corrected chi connectivity index (χ3v) is 4.28. The molecule has 2 rings (SSSR count). The van der Waals surface area contributed by atoms with Crippen LogP contribution < -0.4 is 20.0 Å². The molecule has 0 aromatic heterocycles. The largest absolute Gasteiger partial charge is 0.463 e. The number of nitrogens with one attached hydrogen (secondary N) is 2. The Labute approximate surface area is 137 Å². The molecule has 1 aliphatic heterocycles. The van der Waals surface area contributed by atoms with E-state index in [2.05, 4.69) is 10.6 Å². The van der Waals surface area contributed by atoms with Crippen molar-refractivity contribution in [3.63, 3.8) is 0 Å². The number of anilines is 1. The normalized spacial score (nSPS) is 18.9. The summed E-state index contributed by atoms with van der Waals surface area (Å²) in [5.74, 6) is -1.14. The van der Waals surface area contributed by atoms with Gasteiger partial charge in [0, 0.05) is 27.2 Å². The van der Waals surface area contributed by atoms with Gasteiger partial charge in [0.2, 0.25) is 0 Å². The Hall–Kier alpha value is -2.29. The van der Waals surface area contributed by atoms with E-state index in [1.165, 1.54) is 27.2 Å². The average Bonchev–Trinajstić information content (AvgIpc) is 2.76. The summed E-state index contributed by atoms with van der Waals surface area (Å²) < 4.78 is 40.8. The Kier molecular flexibility index (Phi) is 4.75. The van der Waals surface area contributed by atoms with Gasteiger partial charge in [0.25, 0.3) is 18.0 Å². The van der Waals surface area contributed by atoms with E-state index in [1.807, 2.05) is 0 Å². The summed E-state index contributed by atoms with van der Waals surface area (Å²) in [6, 6.07) is 6.32. The highest BCUT2D eigenvalue weighted by molar-refractivity contribution is 5.89. The summed E-state index contributed by atoms with van der Waals surface area (Å²) in [4.78, 5) is 25.1. The van der Waals surface area contributed by atoms with Gasteiger partial charge in [0.15, 0.2) is 18.8 Å². The van der Waals surface area contributed by atoms with Crippen molar-refractivity contribution in [3.8, 4) is 0 Å². The van der Waals surface area contributed by atoms with Crippen LogP contribution in [-0.2, 0) is 9.59 Å². The molecule has 0 saturated heterocycles. The maximum atomic E-state index is 13.9. The summed E-state index contributed by atoms with van der Waals surface area (Å²) in [6.07, 6.45) is -6.65. The molecule has 2 N–H and O–H groups in total. The number of para-hydroxylation sites is 2. The molecule has 132 valence electrons. The van der Waals surface area contributed by atoms with E-state index in [0.29, 0.717) is 11.4 Å². The summed E-state index contributed by atoms with van der Waals surface area (Å²) in [7, 11) is 4.03. The predicted octanol–water partition coefficient (Wildman–Crippen LogP) is 0.824. The van der Waals surface area contributed by atoms with Crippen molar-refractivity contribution in [1.82, 2.24) is 15.1 Å². The molecule has 1 aromatic carbocycles. The second-order valence-corrected chi connectivity index (χ2v) is 5.71. The Balaban J connectivity index is 2.69. The van der Waals surface area contributed by atoms with Gasteiger partial charge in [-0.15, -0.1) is 0 Å². The predicted molar refractivity (Wildman–Crippen MR) is 84.3 cm³/mol. The number of halogens is 3. The molecule has 1 aromatic rings. The number of benzene rings is 1. The van der Waals surface area contributed by atoms with Crippen LogP contribution in [0.2, 0.25) is 0 Å². The number of amides is 2. The molecule has 0 spiro atoms. The number of rotatable bonds is 4. The van der Waals surface area contributed by atoms with E-state index >= 15 is 0 Å². The monoisotopic (exact) mass is 345 g/mol. The Morgan fingerprint density at radius 1 is 1.12 bits per heavy atom. The SMILES string of the molecule is CNC(=O)C[N+]1(CC(=O)NC)c2ccccc2N(C)C1C(F)(F)F. The molecule has 0 fully saturated rings. The number of likely N-dealkylation sites (N-methyl/N-ethyl adjacent to an activating group) is 2. The molecule has 0 aliphatic carbocycles. The van der Waals surface area contributed by atoms with Crippen molar-refractivity contribution in [2.75, 3.05) is 39.1 Å². The van der Waals surface area contributed by atoms with Gasteiger partial charge in [0.05, 0.1) is 0 Å². The number of quaternary nitrogens is 1. The molecule has 1 atom stereocenters. The van der Waals surface area contributed by atoms with Crippen LogP contribution in [0.15, 0.2) is 24.3 Å². The fraction of sp³-hybridized carbons (Fsp3) is 0.467. The van der Waals surface area contributed by atoms with Crippen molar-refractivity contribution in [1.29, 1.82) is 0 Å². The number of carbonyl (C=O) groups excluding carboxylic acids is 2. The Morgan fingerprint density at radius 3 is 2.08 bits per heavy atom. The van der Waals surface area contributed by atoms with Crippen LogP contribution in [0.25, 0.3) is 0 Å². The average molecular weight is 345 g/mol. The van der Waals surface area contributed by atoms with Crippen LogP contribution in [0.5, 0.6) is 0 Å². The van der Waals surface area contributed by atoms with Crippen LogP contribution in [0.4, 0.5) is 24.5 Å². The topological polar surface area (TPSA) is 61.4 Å². The van der Waals surface area contributed by atoms with Crippen molar-refractivity contribution in [3.05, 3.63) is 24.3 Å².